The number of rotatable bonds is 1. The second kappa shape index (κ2) is 4.00. The van der Waals surface area contributed by atoms with Crippen molar-refractivity contribution < 1.29 is 9.90 Å². The number of hydrogen-bond acceptors (Lipinski definition) is 2. The molecule has 86 valence electrons. The first-order valence-corrected chi connectivity index (χ1v) is 5.74. The predicted octanol–water partition coefficient (Wildman–Crippen LogP) is 1.33. The van der Waals surface area contributed by atoms with Gasteiger partial charge in [0, 0.05) is 19.1 Å². The Balaban J connectivity index is 2.07. The highest BCUT2D eigenvalue weighted by molar-refractivity contribution is 5.65. The second-order valence-electron chi connectivity index (χ2n) is 5.07. The van der Waals surface area contributed by atoms with E-state index in [1.807, 2.05) is 0 Å². The highest BCUT2D eigenvalue weighted by Crippen LogP contribution is 2.37. The molecular formula is C11H20N2O2. The fraction of sp³-hybridized carbons (Fsp3) is 0.909. The minimum absolute atomic E-state index is 0.560. The van der Waals surface area contributed by atoms with E-state index in [0.717, 1.165) is 13.1 Å². The Kier molecular flexibility index (Phi) is 2.87. The van der Waals surface area contributed by atoms with Crippen molar-refractivity contribution in [3.05, 3.63) is 0 Å². The molecular weight excluding hydrogens is 192 g/mol. The van der Waals surface area contributed by atoms with Gasteiger partial charge in [-0.3, -0.25) is 0 Å². The van der Waals surface area contributed by atoms with Crippen LogP contribution in [-0.2, 0) is 0 Å². The first-order valence-electron chi connectivity index (χ1n) is 5.74. The van der Waals surface area contributed by atoms with Gasteiger partial charge in [0.05, 0.1) is 0 Å². The zero-order chi connectivity index (χ0) is 11.0. The number of amides is 1. The summed E-state index contributed by atoms with van der Waals surface area (Å²) >= 11 is 0. The van der Waals surface area contributed by atoms with Crippen molar-refractivity contribution >= 4 is 6.09 Å². The van der Waals surface area contributed by atoms with Crippen LogP contribution in [0.5, 0.6) is 0 Å². The van der Waals surface area contributed by atoms with Crippen molar-refractivity contribution in [1.82, 2.24) is 9.80 Å². The SMILES string of the molecule is CN(C)C1CCCC2CN(C(=O)O)CC21. The average Bonchev–Trinajstić information content (AvgIpc) is 2.60. The molecule has 3 atom stereocenters. The third kappa shape index (κ3) is 1.95. The largest absolute Gasteiger partial charge is 0.465 e. The Morgan fingerprint density at radius 2 is 2.07 bits per heavy atom. The van der Waals surface area contributed by atoms with E-state index in [-0.39, 0.29) is 0 Å². The summed E-state index contributed by atoms with van der Waals surface area (Å²) < 4.78 is 0. The van der Waals surface area contributed by atoms with Crippen LogP contribution in [0.25, 0.3) is 0 Å². The van der Waals surface area contributed by atoms with Gasteiger partial charge >= 0.3 is 6.09 Å². The molecule has 3 unspecified atom stereocenters. The van der Waals surface area contributed by atoms with Crippen molar-refractivity contribution in [2.75, 3.05) is 27.2 Å². The Morgan fingerprint density at radius 3 is 2.67 bits per heavy atom. The summed E-state index contributed by atoms with van der Waals surface area (Å²) in [5.74, 6) is 1.16. The number of hydrogen-bond donors (Lipinski definition) is 1. The molecule has 1 saturated heterocycles. The first-order chi connectivity index (χ1) is 7.09. The maximum absolute atomic E-state index is 10.9. The lowest BCUT2D eigenvalue weighted by atomic mass is 9.77. The molecule has 0 aromatic heterocycles. The third-order valence-electron chi connectivity index (χ3n) is 3.99. The highest BCUT2D eigenvalue weighted by Gasteiger charge is 2.42. The predicted molar refractivity (Wildman–Crippen MR) is 57.9 cm³/mol. The van der Waals surface area contributed by atoms with Crippen molar-refractivity contribution in [3.63, 3.8) is 0 Å². The lowest BCUT2D eigenvalue weighted by molar-refractivity contribution is 0.130. The molecule has 2 aliphatic rings. The minimum Gasteiger partial charge on any atom is -0.465 e. The number of nitrogens with zero attached hydrogens (tertiary/aromatic N) is 2. The smallest absolute Gasteiger partial charge is 0.407 e. The molecule has 4 nitrogen and oxygen atoms in total. The van der Waals surface area contributed by atoms with E-state index in [2.05, 4.69) is 19.0 Å². The van der Waals surface area contributed by atoms with Gasteiger partial charge in [0.25, 0.3) is 0 Å². The monoisotopic (exact) mass is 212 g/mol. The van der Waals surface area contributed by atoms with E-state index in [4.69, 9.17) is 5.11 Å². The van der Waals surface area contributed by atoms with Crippen LogP contribution in [0.3, 0.4) is 0 Å². The van der Waals surface area contributed by atoms with E-state index in [1.54, 1.807) is 4.90 Å². The molecule has 0 aromatic rings. The molecule has 1 amide bonds. The lowest BCUT2D eigenvalue weighted by Crippen LogP contribution is -2.41. The van der Waals surface area contributed by atoms with E-state index < -0.39 is 6.09 Å². The Bertz CT molecular complexity index is 255. The van der Waals surface area contributed by atoms with Gasteiger partial charge in [0.1, 0.15) is 0 Å². The van der Waals surface area contributed by atoms with Gasteiger partial charge in [-0.25, -0.2) is 4.79 Å². The Labute approximate surface area is 90.9 Å². The summed E-state index contributed by atoms with van der Waals surface area (Å²) in [5, 5.41) is 9.00. The second-order valence-corrected chi connectivity index (χ2v) is 5.07. The molecule has 1 N–H and O–H groups in total. The zero-order valence-electron chi connectivity index (χ0n) is 9.52. The fourth-order valence-electron chi connectivity index (χ4n) is 3.24. The topological polar surface area (TPSA) is 43.8 Å². The number of carbonyl (C=O) groups is 1. The van der Waals surface area contributed by atoms with E-state index in [0.29, 0.717) is 17.9 Å². The van der Waals surface area contributed by atoms with Gasteiger partial charge in [-0.05, 0) is 38.8 Å². The molecule has 4 heteroatoms. The van der Waals surface area contributed by atoms with Crippen LogP contribution in [0.4, 0.5) is 4.79 Å². The standard InChI is InChI=1S/C11H20N2O2/c1-12(2)10-5-3-4-8-6-13(11(14)15)7-9(8)10/h8-10H,3-7H2,1-2H3,(H,14,15). The zero-order valence-corrected chi connectivity index (χ0v) is 9.52. The molecule has 1 aliphatic heterocycles. The molecule has 0 bridgehead atoms. The summed E-state index contributed by atoms with van der Waals surface area (Å²) in [6, 6.07) is 0.577. The molecule has 2 rings (SSSR count). The maximum Gasteiger partial charge on any atom is 0.407 e. The van der Waals surface area contributed by atoms with Gasteiger partial charge in [-0.15, -0.1) is 0 Å². The van der Waals surface area contributed by atoms with E-state index in [9.17, 15) is 4.79 Å². The Hall–Kier alpha value is -0.770. The van der Waals surface area contributed by atoms with Crippen LogP contribution in [0.15, 0.2) is 0 Å². The first kappa shape index (κ1) is 10.7. The molecule has 0 aromatic carbocycles. The van der Waals surface area contributed by atoms with E-state index >= 15 is 0 Å². The summed E-state index contributed by atoms with van der Waals surface area (Å²) in [6.07, 6.45) is 2.93. The minimum atomic E-state index is -0.748. The van der Waals surface area contributed by atoms with Crippen LogP contribution in [0, 0.1) is 11.8 Å². The molecule has 15 heavy (non-hydrogen) atoms. The normalized spacial score (nSPS) is 35.7. The number of likely N-dealkylation sites (tertiary alicyclic amines) is 1. The van der Waals surface area contributed by atoms with Crippen molar-refractivity contribution in [3.8, 4) is 0 Å². The van der Waals surface area contributed by atoms with Crippen LogP contribution in [-0.4, -0.2) is 54.2 Å². The van der Waals surface area contributed by atoms with Crippen LogP contribution in [0.2, 0.25) is 0 Å². The van der Waals surface area contributed by atoms with E-state index in [1.165, 1.54) is 19.3 Å². The molecule has 1 aliphatic carbocycles. The third-order valence-corrected chi connectivity index (χ3v) is 3.99. The van der Waals surface area contributed by atoms with Crippen LogP contribution in [0.1, 0.15) is 19.3 Å². The summed E-state index contributed by atoms with van der Waals surface area (Å²) in [6.45, 7) is 1.49. The fourth-order valence-corrected chi connectivity index (χ4v) is 3.24. The number of carboxylic acid groups (broad SMARTS) is 1. The molecule has 1 saturated carbocycles. The van der Waals surface area contributed by atoms with Crippen molar-refractivity contribution in [1.29, 1.82) is 0 Å². The van der Waals surface area contributed by atoms with Gasteiger partial charge in [-0.2, -0.15) is 0 Å². The van der Waals surface area contributed by atoms with Gasteiger partial charge in [0.15, 0.2) is 0 Å². The van der Waals surface area contributed by atoms with Crippen LogP contribution >= 0.6 is 0 Å². The molecule has 2 fully saturated rings. The molecule has 1 heterocycles. The highest BCUT2D eigenvalue weighted by atomic mass is 16.4. The van der Waals surface area contributed by atoms with Crippen molar-refractivity contribution in [2.45, 2.75) is 25.3 Å². The Morgan fingerprint density at radius 1 is 1.33 bits per heavy atom. The summed E-state index contributed by atoms with van der Waals surface area (Å²) in [4.78, 5) is 14.8. The van der Waals surface area contributed by atoms with Gasteiger partial charge in [0.2, 0.25) is 0 Å². The lowest BCUT2D eigenvalue weighted by Gasteiger charge is -2.37. The summed E-state index contributed by atoms with van der Waals surface area (Å²) in [5.41, 5.74) is 0. The number of fused-ring (bicyclic) bond motifs is 1. The molecule has 0 radical (unpaired) electrons. The summed E-state index contributed by atoms with van der Waals surface area (Å²) in [7, 11) is 4.22. The quantitative estimate of drug-likeness (QED) is 0.713. The van der Waals surface area contributed by atoms with Gasteiger partial charge < -0.3 is 14.9 Å². The van der Waals surface area contributed by atoms with Crippen LogP contribution < -0.4 is 0 Å². The van der Waals surface area contributed by atoms with Crippen molar-refractivity contribution in [2.24, 2.45) is 11.8 Å². The maximum atomic E-state index is 10.9. The van der Waals surface area contributed by atoms with Gasteiger partial charge in [-0.1, -0.05) is 6.42 Å². The average molecular weight is 212 g/mol. The molecule has 0 spiro atoms.